The number of benzene rings is 2. The van der Waals surface area contributed by atoms with Gasteiger partial charge in [-0.1, -0.05) is 37.7 Å². The zero-order valence-corrected chi connectivity index (χ0v) is 20.5. The largest absolute Gasteiger partial charge is 0.497 e. The molecule has 1 atom stereocenters. The number of thioether (sulfide) groups is 1. The molecule has 35 heavy (non-hydrogen) atoms. The lowest BCUT2D eigenvalue weighted by Gasteiger charge is -2.38. The number of hydrogen-bond donors (Lipinski definition) is 1. The summed E-state index contributed by atoms with van der Waals surface area (Å²) in [4.78, 5) is 30.5. The predicted molar refractivity (Wildman–Crippen MR) is 131 cm³/mol. The second-order valence-electron chi connectivity index (χ2n) is 9.52. The highest BCUT2D eigenvalue weighted by Crippen LogP contribution is 2.45. The van der Waals surface area contributed by atoms with Crippen molar-refractivity contribution in [1.29, 1.82) is 0 Å². The minimum absolute atomic E-state index is 0.0445. The van der Waals surface area contributed by atoms with Gasteiger partial charge in [0.2, 0.25) is 11.1 Å². The van der Waals surface area contributed by atoms with Crippen molar-refractivity contribution in [2.24, 2.45) is 5.41 Å². The zero-order chi connectivity index (χ0) is 24.7. The van der Waals surface area contributed by atoms with Gasteiger partial charge in [0.25, 0.3) is 0 Å². The Hall–Kier alpha value is -3.46. The molecule has 7 nitrogen and oxygen atoms in total. The molecule has 2 aromatic carbocycles. The van der Waals surface area contributed by atoms with E-state index in [0.717, 1.165) is 11.3 Å². The molecule has 0 saturated carbocycles. The molecule has 0 bridgehead atoms. The maximum atomic E-state index is 13.7. The van der Waals surface area contributed by atoms with Gasteiger partial charge in [0.05, 0.1) is 12.9 Å². The highest BCUT2D eigenvalue weighted by atomic mass is 32.2. The molecule has 2 aliphatic rings. The summed E-state index contributed by atoms with van der Waals surface area (Å²) >= 11 is 1.23. The van der Waals surface area contributed by atoms with Gasteiger partial charge in [-0.3, -0.25) is 9.59 Å². The lowest BCUT2D eigenvalue weighted by molar-refractivity contribution is -0.118. The highest BCUT2D eigenvalue weighted by Gasteiger charge is 2.41. The summed E-state index contributed by atoms with van der Waals surface area (Å²) in [5, 5.41) is 8.37. The van der Waals surface area contributed by atoms with E-state index in [1.54, 1.807) is 48.2 Å². The number of anilines is 1. The topological polar surface area (TPSA) is 86.1 Å². The van der Waals surface area contributed by atoms with Gasteiger partial charge in [0.1, 0.15) is 17.6 Å². The molecule has 0 fully saturated rings. The Morgan fingerprint density at radius 1 is 1.17 bits per heavy atom. The number of halogens is 1. The first-order valence-corrected chi connectivity index (χ1v) is 12.3. The summed E-state index contributed by atoms with van der Waals surface area (Å²) in [7, 11) is 1.58. The van der Waals surface area contributed by atoms with E-state index in [-0.39, 0.29) is 28.6 Å². The third-order valence-electron chi connectivity index (χ3n) is 6.24. The second-order valence-corrected chi connectivity index (χ2v) is 10.5. The molecule has 5 rings (SSSR count). The molecule has 180 valence electrons. The molecule has 0 spiro atoms. The molecule has 3 aromatic rings. The number of ketones is 2. The number of nitrogens with one attached hydrogen (secondary N) is 1. The number of carbonyl (C=O) groups excluding carboxylic acids is 2. The van der Waals surface area contributed by atoms with Gasteiger partial charge in [0.15, 0.2) is 11.6 Å². The van der Waals surface area contributed by atoms with Crippen LogP contribution in [0.4, 0.5) is 10.3 Å². The van der Waals surface area contributed by atoms with Crippen LogP contribution in [0, 0.1) is 11.2 Å². The third kappa shape index (κ3) is 4.60. The molecule has 0 unspecified atom stereocenters. The van der Waals surface area contributed by atoms with Crippen LogP contribution in [0.15, 0.2) is 65.0 Å². The van der Waals surface area contributed by atoms with E-state index in [1.165, 1.54) is 23.9 Å². The lowest BCUT2D eigenvalue weighted by atomic mass is 9.73. The number of aromatic nitrogens is 3. The van der Waals surface area contributed by atoms with Crippen LogP contribution < -0.4 is 10.1 Å². The minimum atomic E-state index is -0.510. The van der Waals surface area contributed by atoms with E-state index in [2.05, 4.69) is 29.2 Å². The van der Waals surface area contributed by atoms with E-state index in [4.69, 9.17) is 4.74 Å². The molecule has 9 heteroatoms. The number of rotatable bonds is 6. The van der Waals surface area contributed by atoms with E-state index in [0.29, 0.717) is 40.8 Å². The minimum Gasteiger partial charge on any atom is -0.497 e. The Morgan fingerprint density at radius 3 is 2.57 bits per heavy atom. The average molecular weight is 493 g/mol. The maximum absolute atomic E-state index is 13.7. The van der Waals surface area contributed by atoms with Gasteiger partial charge in [0, 0.05) is 23.3 Å². The molecule has 1 aliphatic carbocycles. The summed E-state index contributed by atoms with van der Waals surface area (Å²) < 4.78 is 20.5. The van der Waals surface area contributed by atoms with Gasteiger partial charge in [-0.05, 0) is 53.8 Å². The first kappa shape index (κ1) is 23.3. The predicted octanol–water partition coefficient (Wildman–Crippen LogP) is 5.06. The number of allylic oxidation sites excluding steroid dienone is 2. The number of nitrogens with zero attached hydrogens (tertiary/aromatic N) is 3. The average Bonchev–Trinajstić information content (AvgIpc) is 3.23. The Morgan fingerprint density at radius 2 is 1.89 bits per heavy atom. The molecule has 1 N–H and O–H groups in total. The molecular formula is C26H25FN4O3S. The first-order chi connectivity index (χ1) is 16.7. The van der Waals surface area contributed by atoms with Crippen molar-refractivity contribution in [1.82, 2.24) is 14.8 Å². The molecule has 0 amide bonds. The standard InChI is InChI=1S/C26H25FN4O3S/c1-26(2)12-19-22(20(32)13-26)23(16-4-8-17(27)9-5-16)31-24(28-19)29-25(30-31)35-14-21(33)15-6-10-18(34-3)11-7-15/h4-11,23H,12-14H2,1-3H3,(H,28,29,30)/t23-/m0/s1. The zero-order valence-electron chi connectivity index (χ0n) is 19.7. The normalized spacial score (nSPS) is 18.5. The Kier molecular flexibility index (Phi) is 5.96. The quantitative estimate of drug-likeness (QED) is 0.380. The van der Waals surface area contributed by atoms with Crippen LogP contribution in [0.5, 0.6) is 5.75 Å². The van der Waals surface area contributed by atoms with Gasteiger partial charge >= 0.3 is 0 Å². The van der Waals surface area contributed by atoms with Crippen LogP contribution in [0.1, 0.15) is 48.7 Å². The van der Waals surface area contributed by atoms with Crippen molar-refractivity contribution in [3.8, 4) is 5.75 Å². The van der Waals surface area contributed by atoms with Crippen molar-refractivity contribution >= 4 is 29.3 Å². The Balaban J connectivity index is 1.44. The summed E-state index contributed by atoms with van der Waals surface area (Å²) in [6.07, 6.45) is 1.12. The monoisotopic (exact) mass is 492 g/mol. The summed E-state index contributed by atoms with van der Waals surface area (Å²) in [5.41, 5.74) is 2.62. The van der Waals surface area contributed by atoms with Crippen LogP contribution in [0.2, 0.25) is 0 Å². The van der Waals surface area contributed by atoms with Gasteiger partial charge in [-0.15, -0.1) is 5.10 Å². The van der Waals surface area contributed by atoms with Crippen LogP contribution in [0.3, 0.4) is 0 Å². The lowest BCUT2D eigenvalue weighted by Crippen LogP contribution is -2.36. The van der Waals surface area contributed by atoms with E-state index < -0.39 is 6.04 Å². The Bertz CT molecular complexity index is 1330. The number of ether oxygens (including phenoxy) is 1. The molecule has 0 saturated heterocycles. The van der Waals surface area contributed by atoms with Gasteiger partial charge in [-0.2, -0.15) is 4.98 Å². The summed E-state index contributed by atoms with van der Waals surface area (Å²) in [5.74, 6) is 0.995. The van der Waals surface area contributed by atoms with Crippen LogP contribution in [-0.2, 0) is 4.79 Å². The maximum Gasteiger partial charge on any atom is 0.227 e. The summed E-state index contributed by atoms with van der Waals surface area (Å²) in [6, 6.07) is 12.6. The van der Waals surface area contributed by atoms with Crippen molar-refractivity contribution in [3.05, 3.63) is 76.7 Å². The van der Waals surface area contributed by atoms with Crippen molar-refractivity contribution in [2.45, 2.75) is 37.9 Å². The number of methoxy groups -OCH3 is 1. The van der Waals surface area contributed by atoms with E-state index >= 15 is 0 Å². The van der Waals surface area contributed by atoms with E-state index in [1.807, 2.05) is 0 Å². The molecular weight excluding hydrogens is 467 g/mol. The number of carbonyl (C=O) groups is 2. The van der Waals surface area contributed by atoms with Crippen molar-refractivity contribution < 1.29 is 18.7 Å². The fourth-order valence-corrected chi connectivity index (χ4v) is 5.32. The SMILES string of the molecule is COc1ccc(C(=O)CSc2nc3n(n2)[C@@H](c2ccc(F)cc2)C2=C(CC(C)(C)CC2=O)N3)cc1. The summed E-state index contributed by atoms with van der Waals surface area (Å²) in [6.45, 7) is 4.13. The smallest absolute Gasteiger partial charge is 0.227 e. The highest BCUT2D eigenvalue weighted by molar-refractivity contribution is 7.99. The van der Waals surface area contributed by atoms with Crippen LogP contribution in [-0.4, -0.2) is 39.2 Å². The van der Waals surface area contributed by atoms with E-state index in [9.17, 15) is 14.0 Å². The molecule has 2 heterocycles. The van der Waals surface area contributed by atoms with Crippen molar-refractivity contribution in [2.75, 3.05) is 18.2 Å². The molecule has 1 aliphatic heterocycles. The van der Waals surface area contributed by atoms with Crippen LogP contribution in [0.25, 0.3) is 0 Å². The number of Topliss-reactive ketones (excluding diaryl/α,β-unsaturated/α-hetero) is 2. The molecule has 1 aromatic heterocycles. The Labute approximate surface area is 206 Å². The van der Waals surface area contributed by atoms with Crippen molar-refractivity contribution in [3.63, 3.8) is 0 Å². The number of fused-ring (bicyclic) bond motifs is 1. The van der Waals surface area contributed by atoms with Gasteiger partial charge in [-0.25, -0.2) is 9.07 Å². The van der Waals surface area contributed by atoms with Gasteiger partial charge < -0.3 is 10.1 Å². The number of hydrogen-bond acceptors (Lipinski definition) is 7. The second kappa shape index (κ2) is 8.96. The fraction of sp³-hybridized carbons (Fsp3) is 0.308. The first-order valence-electron chi connectivity index (χ1n) is 11.3. The van der Waals surface area contributed by atoms with Crippen LogP contribution >= 0.6 is 11.8 Å². The fourth-order valence-electron chi connectivity index (χ4n) is 4.59. The molecule has 0 radical (unpaired) electrons. The third-order valence-corrected chi connectivity index (χ3v) is 7.08.